The van der Waals surface area contributed by atoms with Crippen LogP contribution in [0.3, 0.4) is 0 Å². The van der Waals surface area contributed by atoms with Crippen molar-refractivity contribution in [1.82, 2.24) is 9.80 Å². The Balaban J connectivity index is 1.43. The van der Waals surface area contributed by atoms with Crippen molar-refractivity contribution in [2.24, 2.45) is 0 Å². The zero-order valence-electron chi connectivity index (χ0n) is 16.9. The minimum absolute atomic E-state index is 0.0972. The Hall–Kier alpha value is -3.54. The summed E-state index contributed by atoms with van der Waals surface area (Å²) in [4.78, 5) is 28.7. The normalized spacial score (nSPS) is 14.5. The molecular formula is C25H22F2N2O2. The first kappa shape index (κ1) is 20.7. The summed E-state index contributed by atoms with van der Waals surface area (Å²) < 4.78 is 27.4. The van der Waals surface area contributed by atoms with E-state index < -0.39 is 0 Å². The molecule has 0 bridgehead atoms. The summed E-state index contributed by atoms with van der Waals surface area (Å²) in [6.07, 6.45) is 0.196. The summed E-state index contributed by atoms with van der Waals surface area (Å²) in [6, 6.07) is 19.7. The van der Waals surface area contributed by atoms with Crippen molar-refractivity contribution in [1.29, 1.82) is 0 Å². The van der Waals surface area contributed by atoms with E-state index in [-0.39, 0.29) is 36.4 Å². The van der Waals surface area contributed by atoms with Crippen LogP contribution in [0.15, 0.2) is 72.8 Å². The van der Waals surface area contributed by atoms with E-state index in [2.05, 4.69) is 0 Å². The van der Waals surface area contributed by atoms with Gasteiger partial charge in [-0.2, -0.15) is 0 Å². The van der Waals surface area contributed by atoms with E-state index in [1.807, 2.05) is 6.07 Å². The van der Waals surface area contributed by atoms with Gasteiger partial charge in [-0.3, -0.25) is 9.59 Å². The molecule has 1 saturated heterocycles. The smallest absolute Gasteiger partial charge is 0.253 e. The highest BCUT2D eigenvalue weighted by molar-refractivity contribution is 5.95. The number of amides is 2. The predicted molar refractivity (Wildman–Crippen MR) is 114 cm³/mol. The van der Waals surface area contributed by atoms with Crippen molar-refractivity contribution in [2.75, 3.05) is 19.6 Å². The van der Waals surface area contributed by atoms with Crippen molar-refractivity contribution in [3.8, 4) is 11.1 Å². The van der Waals surface area contributed by atoms with Gasteiger partial charge in [0.1, 0.15) is 11.6 Å². The van der Waals surface area contributed by atoms with E-state index in [0.29, 0.717) is 30.8 Å². The maximum atomic E-state index is 14.0. The van der Waals surface area contributed by atoms with Gasteiger partial charge >= 0.3 is 0 Å². The second-order valence-corrected chi connectivity index (χ2v) is 7.54. The number of carbonyl (C=O) groups excluding carboxylic acids is 2. The van der Waals surface area contributed by atoms with Crippen LogP contribution in [-0.4, -0.2) is 41.2 Å². The highest BCUT2D eigenvalue weighted by Gasteiger charge is 2.25. The molecule has 0 N–H and O–H groups in total. The molecule has 0 spiro atoms. The van der Waals surface area contributed by atoms with E-state index in [9.17, 15) is 18.4 Å². The molecule has 3 aromatic rings. The third-order valence-electron chi connectivity index (χ3n) is 5.48. The van der Waals surface area contributed by atoms with Crippen LogP contribution in [0.1, 0.15) is 22.3 Å². The van der Waals surface area contributed by atoms with Crippen molar-refractivity contribution >= 4 is 11.8 Å². The van der Waals surface area contributed by atoms with Gasteiger partial charge in [0.05, 0.1) is 0 Å². The number of rotatable bonds is 4. The van der Waals surface area contributed by atoms with E-state index in [1.54, 1.807) is 58.3 Å². The number of carbonyl (C=O) groups is 2. The molecule has 1 aliphatic heterocycles. The highest BCUT2D eigenvalue weighted by Crippen LogP contribution is 2.22. The number of benzene rings is 3. The molecule has 6 heteroatoms. The second kappa shape index (κ2) is 9.08. The van der Waals surface area contributed by atoms with Crippen LogP contribution < -0.4 is 0 Å². The fraction of sp³-hybridized carbons (Fsp3) is 0.200. The lowest BCUT2D eigenvalue weighted by Crippen LogP contribution is -2.35. The Morgan fingerprint density at radius 3 is 2.35 bits per heavy atom. The second-order valence-electron chi connectivity index (χ2n) is 7.54. The standard InChI is InChI=1S/C25H22F2N2O2/c26-22-6-3-5-20(16-22)18-8-10-19(11-9-18)25(31)28-13-12-24(30)29(15-14-28)17-21-4-1-2-7-23(21)27/h1-11,16H,12-15,17H2. The molecule has 2 amide bonds. The monoisotopic (exact) mass is 420 g/mol. The Bertz CT molecular complexity index is 1100. The van der Waals surface area contributed by atoms with Gasteiger partial charge in [0.15, 0.2) is 0 Å². The lowest BCUT2D eigenvalue weighted by molar-refractivity contribution is -0.130. The molecule has 158 valence electrons. The maximum absolute atomic E-state index is 14.0. The summed E-state index contributed by atoms with van der Waals surface area (Å²) in [5.41, 5.74) is 2.53. The molecule has 1 heterocycles. The van der Waals surface area contributed by atoms with Crippen molar-refractivity contribution < 1.29 is 18.4 Å². The third kappa shape index (κ3) is 4.79. The molecule has 3 aromatic carbocycles. The fourth-order valence-electron chi connectivity index (χ4n) is 3.73. The lowest BCUT2D eigenvalue weighted by atomic mass is 10.0. The van der Waals surface area contributed by atoms with Gasteiger partial charge < -0.3 is 9.80 Å². The van der Waals surface area contributed by atoms with Crippen molar-refractivity contribution in [3.63, 3.8) is 0 Å². The molecule has 0 aromatic heterocycles. The molecule has 0 saturated carbocycles. The molecule has 1 fully saturated rings. The van der Waals surface area contributed by atoms with E-state index in [4.69, 9.17) is 0 Å². The van der Waals surface area contributed by atoms with Crippen molar-refractivity contribution in [3.05, 3.63) is 95.6 Å². The average molecular weight is 420 g/mol. The summed E-state index contributed by atoms with van der Waals surface area (Å²) >= 11 is 0. The zero-order chi connectivity index (χ0) is 21.8. The van der Waals surface area contributed by atoms with Crippen LogP contribution in [0.4, 0.5) is 8.78 Å². The van der Waals surface area contributed by atoms with Gasteiger partial charge in [-0.25, -0.2) is 8.78 Å². The van der Waals surface area contributed by atoms with E-state index >= 15 is 0 Å². The first-order valence-electron chi connectivity index (χ1n) is 10.2. The first-order chi connectivity index (χ1) is 15.0. The lowest BCUT2D eigenvalue weighted by Gasteiger charge is -2.22. The van der Waals surface area contributed by atoms with Gasteiger partial charge in [-0.1, -0.05) is 42.5 Å². The van der Waals surface area contributed by atoms with Gasteiger partial charge in [0.2, 0.25) is 5.91 Å². The van der Waals surface area contributed by atoms with Crippen LogP contribution in [0.5, 0.6) is 0 Å². The molecule has 0 radical (unpaired) electrons. The average Bonchev–Trinajstić information content (AvgIpc) is 2.96. The summed E-state index contributed by atoms with van der Waals surface area (Å²) in [5, 5.41) is 0. The molecular weight excluding hydrogens is 398 g/mol. The minimum atomic E-state index is -0.342. The number of nitrogens with zero attached hydrogens (tertiary/aromatic N) is 2. The van der Waals surface area contributed by atoms with Crippen LogP contribution in [0.25, 0.3) is 11.1 Å². The summed E-state index contributed by atoms with van der Waals surface area (Å²) in [7, 11) is 0. The predicted octanol–water partition coefficient (Wildman–Crippen LogP) is 4.51. The Kier molecular flexibility index (Phi) is 6.07. The Morgan fingerprint density at radius 1 is 0.839 bits per heavy atom. The topological polar surface area (TPSA) is 40.6 Å². The van der Waals surface area contributed by atoms with Gasteiger partial charge in [0, 0.05) is 43.7 Å². The first-order valence-corrected chi connectivity index (χ1v) is 10.2. The van der Waals surface area contributed by atoms with E-state index in [0.717, 1.165) is 11.1 Å². The van der Waals surface area contributed by atoms with Crippen LogP contribution in [0.2, 0.25) is 0 Å². The van der Waals surface area contributed by atoms with Crippen molar-refractivity contribution in [2.45, 2.75) is 13.0 Å². The Labute approximate surface area is 179 Å². The minimum Gasteiger partial charge on any atom is -0.336 e. The molecule has 0 unspecified atom stereocenters. The molecule has 0 aliphatic carbocycles. The Morgan fingerprint density at radius 2 is 1.61 bits per heavy atom. The maximum Gasteiger partial charge on any atom is 0.253 e. The van der Waals surface area contributed by atoms with Crippen LogP contribution in [0, 0.1) is 11.6 Å². The number of hydrogen-bond donors (Lipinski definition) is 0. The fourth-order valence-corrected chi connectivity index (χ4v) is 3.73. The van der Waals surface area contributed by atoms with E-state index in [1.165, 1.54) is 18.2 Å². The van der Waals surface area contributed by atoms with Gasteiger partial charge in [-0.05, 0) is 41.5 Å². The molecule has 4 rings (SSSR count). The quantitative estimate of drug-likeness (QED) is 0.623. The van der Waals surface area contributed by atoms with Crippen LogP contribution in [-0.2, 0) is 11.3 Å². The highest BCUT2D eigenvalue weighted by atomic mass is 19.1. The summed E-state index contributed by atoms with van der Waals surface area (Å²) in [6.45, 7) is 1.23. The number of halogens is 2. The largest absolute Gasteiger partial charge is 0.336 e. The summed E-state index contributed by atoms with van der Waals surface area (Å²) in [5.74, 6) is -0.913. The van der Waals surface area contributed by atoms with Gasteiger partial charge in [-0.15, -0.1) is 0 Å². The molecule has 0 atom stereocenters. The van der Waals surface area contributed by atoms with Crippen LogP contribution >= 0.6 is 0 Å². The molecule has 4 nitrogen and oxygen atoms in total. The molecule has 1 aliphatic rings. The molecule has 31 heavy (non-hydrogen) atoms. The zero-order valence-corrected chi connectivity index (χ0v) is 16.9. The SMILES string of the molecule is O=C1CCN(C(=O)c2ccc(-c3cccc(F)c3)cc2)CCN1Cc1ccccc1F. The van der Waals surface area contributed by atoms with Gasteiger partial charge in [0.25, 0.3) is 5.91 Å². The third-order valence-corrected chi connectivity index (χ3v) is 5.48. The number of hydrogen-bond acceptors (Lipinski definition) is 2.